The van der Waals surface area contributed by atoms with E-state index in [9.17, 15) is 4.79 Å². The van der Waals surface area contributed by atoms with E-state index in [2.05, 4.69) is 31.1 Å². The van der Waals surface area contributed by atoms with Crippen molar-refractivity contribution in [2.45, 2.75) is 64.5 Å². The number of hydrogen-bond donors (Lipinski definition) is 2. The number of nitrogens with one attached hydrogen (secondary N) is 1. The molecule has 2 rings (SSSR count). The number of amides is 1. The lowest BCUT2D eigenvalue weighted by atomic mass is 9.88. The van der Waals surface area contributed by atoms with Crippen LogP contribution in [0, 0.1) is 17.8 Å². The molecule has 0 aromatic carbocycles. The lowest BCUT2D eigenvalue weighted by Crippen LogP contribution is -2.56. The minimum Gasteiger partial charge on any atom is -0.368 e. The van der Waals surface area contributed by atoms with Crippen LogP contribution in [-0.2, 0) is 4.79 Å². The van der Waals surface area contributed by atoms with Gasteiger partial charge in [0.15, 0.2) is 0 Å². The Bertz CT molecular complexity index is 371. The Kier molecular flexibility index (Phi) is 5.31. The molecule has 1 amide bonds. The van der Waals surface area contributed by atoms with Gasteiger partial charge in [-0.1, -0.05) is 6.42 Å². The molecule has 0 heterocycles. The second-order valence-electron chi connectivity index (χ2n) is 7.94. The van der Waals surface area contributed by atoms with Gasteiger partial charge in [-0.25, -0.2) is 0 Å². The van der Waals surface area contributed by atoms with Crippen molar-refractivity contribution in [3.63, 3.8) is 0 Å². The molecule has 4 nitrogen and oxygen atoms in total. The van der Waals surface area contributed by atoms with Crippen LogP contribution in [0.5, 0.6) is 0 Å². The molecule has 2 fully saturated rings. The first kappa shape index (κ1) is 16.8. The van der Waals surface area contributed by atoms with Gasteiger partial charge in [-0.2, -0.15) is 0 Å². The van der Waals surface area contributed by atoms with Crippen molar-refractivity contribution in [2.75, 3.05) is 20.1 Å². The third-order valence-corrected chi connectivity index (χ3v) is 5.58. The Hall–Kier alpha value is -0.610. The summed E-state index contributed by atoms with van der Waals surface area (Å²) in [4.78, 5) is 14.2. The lowest BCUT2D eigenvalue weighted by Gasteiger charge is -2.33. The van der Waals surface area contributed by atoms with E-state index in [1.807, 2.05) is 6.92 Å². The standard InChI is InChI=1S/C17H33N3O/c1-12(2)19-17(3,16(18)21)7-8-20(4)11-15-10-13-5-6-14(15)9-13/h12-15,19H,5-11H2,1-4H3,(H2,18,21). The normalized spacial score (nSPS) is 31.0. The highest BCUT2D eigenvalue weighted by Crippen LogP contribution is 2.48. The summed E-state index contributed by atoms with van der Waals surface area (Å²) in [5.41, 5.74) is 5.00. The summed E-state index contributed by atoms with van der Waals surface area (Å²) in [6.45, 7) is 8.14. The van der Waals surface area contributed by atoms with Crippen molar-refractivity contribution in [1.29, 1.82) is 0 Å². The maximum atomic E-state index is 11.8. The van der Waals surface area contributed by atoms with Crippen molar-refractivity contribution >= 4 is 5.91 Å². The van der Waals surface area contributed by atoms with Crippen LogP contribution in [0.3, 0.4) is 0 Å². The topological polar surface area (TPSA) is 58.4 Å². The molecule has 2 aliphatic rings. The van der Waals surface area contributed by atoms with Gasteiger partial charge in [0.2, 0.25) is 5.91 Å². The molecule has 0 aromatic heterocycles. The number of nitrogens with zero attached hydrogens (tertiary/aromatic N) is 1. The predicted molar refractivity (Wildman–Crippen MR) is 86.9 cm³/mol. The van der Waals surface area contributed by atoms with E-state index in [4.69, 9.17) is 5.73 Å². The summed E-state index contributed by atoms with van der Waals surface area (Å²) >= 11 is 0. The minimum atomic E-state index is -0.600. The average Bonchev–Trinajstić information content (AvgIpc) is 2.97. The summed E-state index contributed by atoms with van der Waals surface area (Å²) in [5, 5.41) is 3.33. The number of fused-ring (bicyclic) bond motifs is 2. The number of nitrogens with two attached hydrogens (primary N) is 1. The quantitative estimate of drug-likeness (QED) is 0.720. The van der Waals surface area contributed by atoms with Crippen LogP contribution in [-0.4, -0.2) is 42.5 Å². The number of hydrogen-bond acceptors (Lipinski definition) is 3. The van der Waals surface area contributed by atoms with Crippen LogP contribution in [0.1, 0.15) is 52.9 Å². The smallest absolute Gasteiger partial charge is 0.237 e. The van der Waals surface area contributed by atoms with Crippen LogP contribution >= 0.6 is 0 Å². The van der Waals surface area contributed by atoms with Gasteiger partial charge in [-0.3, -0.25) is 4.79 Å². The molecule has 4 atom stereocenters. The average molecular weight is 295 g/mol. The first-order valence-corrected chi connectivity index (χ1v) is 8.56. The summed E-state index contributed by atoms with van der Waals surface area (Å²) < 4.78 is 0. The summed E-state index contributed by atoms with van der Waals surface area (Å²) in [7, 11) is 2.18. The highest BCUT2D eigenvalue weighted by atomic mass is 16.1. The Morgan fingerprint density at radius 1 is 1.38 bits per heavy atom. The van der Waals surface area contributed by atoms with E-state index in [1.165, 1.54) is 32.2 Å². The zero-order chi connectivity index (χ0) is 15.6. The van der Waals surface area contributed by atoms with Crippen molar-refractivity contribution in [3.8, 4) is 0 Å². The predicted octanol–water partition coefficient (Wildman–Crippen LogP) is 1.99. The van der Waals surface area contributed by atoms with Crippen LogP contribution in [0.4, 0.5) is 0 Å². The number of carbonyl (C=O) groups is 1. The van der Waals surface area contributed by atoms with E-state index < -0.39 is 5.54 Å². The van der Waals surface area contributed by atoms with Gasteiger partial charge in [0.1, 0.15) is 0 Å². The van der Waals surface area contributed by atoms with Crippen LogP contribution in [0.2, 0.25) is 0 Å². The molecular weight excluding hydrogens is 262 g/mol. The zero-order valence-corrected chi connectivity index (χ0v) is 14.2. The van der Waals surface area contributed by atoms with E-state index in [-0.39, 0.29) is 11.9 Å². The van der Waals surface area contributed by atoms with Crippen molar-refractivity contribution in [3.05, 3.63) is 0 Å². The molecule has 3 N–H and O–H groups in total. The Balaban J connectivity index is 1.79. The molecule has 0 aromatic rings. The minimum absolute atomic E-state index is 0.246. The van der Waals surface area contributed by atoms with E-state index in [1.54, 1.807) is 0 Å². The molecule has 0 radical (unpaired) electrons. The van der Waals surface area contributed by atoms with Gasteiger partial charge in [0, 0.05) is 19.1 Å². The summed E-state index contributed by atoms with van der Waals surface area (Å²) in [5.74, 6) is 2.61. The SMILES string of the molecule is CC(C)NC(C)(CCN(C)CC1CC2CCC1C2)C(N)=O. The van der Waals surface area contributed by atoms with Gasteiger partial charge >= 0.3 is 0 Å². The first-order valence-electron chi connectivity index (χ1n) is 8.56. The molecule has 4 heteroatoms. The third-order valence-electron chi connectivity index (χ3n) is 5.58. The Morgan fingerprint density at radius 3 is 2.57 bits per heavy atom. The van der Waals surface area contributed by atoms with Gasteiger partial charge in [-0.05, 0) is 71.3 Å². The molecule has 0 spiro atoms. The maximum Gasteiger partial charge on any atom is 0.237 e. The van der Waals surface area contributed by atoms with Crippen LogP contribution in [0.25, 0.3) is 0 Å². The van der Waals surface area contributed by atoms with Gasteiger partial charge in [0.05, 0.1) is 5.54 Å². The van der Waals surface area contributed by atoms with E-state index in [0.29, 0.717) is 0 Å². The van der Waals surface area contributed by atoms with Crippen LogP contribution < -0.4 is 11.1 Å². The fraction of sp³-hybridized carbons (Fsp3) is 0.941. The molecule has 0 aliphatic heterocycles. The maximum absolute atomic E-state index is 11.8. The molecule has 2 bridgehead atoms. The molecule has 0 saturated heterocycles. The first-order chi connectivity index (χ1) is 9.80. The molecular formula is C17H33N3O. The Labute approximate surface area is 129 Å². The number of carbonyl (C=O) groups excluding carboxylic acids is 1. The summed E-state index contributed by atoms with van der Waals surface area (Å²) in [6, 6.07) is 0.262. The summed E-state index contributed by atoms with van der Waals surface area (Å²) in [6.07, 6.45) is 6.57. The fourth-order valence-corrected chi connectivity index (χ4v) is 4.41. The second-order valence-corrected chi connectivity index (χ2v) is 7.94. The largest absolute Gasteiger partial charge is 0.368 e. The third kappa shape index (κ3) is 4.19. The van der Waals surface area contributed by atoms with Crippen molar-refractivity contribution in [1.82, 2.24) is 10.2 Å². The molecule has 2 aliphatic carbocycles. The zero-order valence-electron chi connectivity index (χ0n) is 14.2. The van der Waals surface area contributed by atoms with Gasteiger partial charge in [0.25, 0.3) is 0 Å². The molecule has 2 saturated carbocycles. The lowest BCUT2D eigenvalue weighted by molar-refractivity contribution is -0.124. The van der Waals surface area contributed by atoms with Gasteiger partial charge < -0.3 is 16.0 Å². The molecule has 21 heavy (non-hydrogen) atoms. The monoisotopic (exact) mass is 295 g/mol. The fourth-order valence-electron chi connectivity index (χ4n) is 4.41. The number of rotatable bonds is 8. The highest BCUT2D eigenvalue weighted by Gasteiger charge is 2.40. The molecule has 4 unspecified atom stereocenters. The van der Waals surface area contributed by atoms with E-state index >= 15 is 0 Å². The van der Waals surface area contributed by atoms with Crippen molar-refractivity contribution in [2.24, 2.45) is 23.5 Å². The molecule has 122 valence electrons. The van der Waals surface area contributed by atoms with Crippen LogP contribution in [0.15, 0.2) is 0 Å². The van der Waals surface area contributed by atoms with Gasteiger partial charge in [-0.15, -0.1) is 0 Å². The highest BCUT2D eigenvalue weighted by molar-refractivity contribution is 5.84. The van der Waals surface area contributed by atoms with E-state index in [0.717, 1.165) is 30.7 Å². The second kappa shape index (κ2) is 6.66. The van der Waals surface area contributed by atoms with Crippen molar-refractivity contribution < 1.29 is 4.79 Å². The Morgan fingerprint density at radius 2 is 2.10 bits per heavy atom. The number of primary amides is 1.